The second-order valence-electron chi connectivity index (χ2n) is 4.56. The minimum Gasteiger partial charge on any atom is -0.495 e. The summed E-state index contributed by atoms with van der Waals surface area (Å²) in [4.78, 5) is 12.0. The Balaban J connectivity index is 2.09. The Bertz CT molecular complexity index is 680. The fourth-order valence-corrected chi connectivity index (χ4v) is 2.28. The molecule has 0 saturated heterocycles. The number of hydrogen-bond donors (Lipinski definition) is 1. The lowest BCUT2D eigenvalue weighted by atomic mass is 10.1. The average molecular weight is 346 g/mol. The molecule has 4 heteroatoms. The van der Waals surface area contributed by atoms with Crippen molar-refractivity contribution >= 4 is 27.4 Å². The third-order valence-electron chi connectivity index (χ3n) is 2.94. The maximum absolute atomic E-state index is 12.0. The molecule has 0 unspecified atom stereocenters. The monoisotopic (exact) mass is 345 g/mol. The van der Waals surface area contributed by atoms with E-state index in [1.807, 2.05) is 37.3 Å². The molecule has 0 atom stereocenters. The van der Waals surface area contributed by atoms with E-state index in [9.17, 15) is 4.79 Å². The normalized spacial score (nSPS) is 10.6. The topological polar surface area (TPSA) is 38.3 Å². The van der Waals surface area contributed by atoms with Gasteiger partial charge in [-0.15, -0.1) is 0 Å². The van der Waals surface area contributed by atoms with E-state index in [0.29, 0.717) is 5.56 Å². The number of carbonyl (C=O) groups excluding carboxylic acids is 1. The number of carbonyl (C=O) groups is 1. The number of hydrogen-bond acceptors (Lipinski definition) is 3. The van der Waals surface area contributed by atoms with Gasteiger partial charge in [-0.05, 0) is 36.8 Å². The summed E-state index contributed by atoms with van der Waals surface area (Å²) >= 11 is 3.35. The number of anilines is 1. The molecule has 0 aliphatic rings. The molecule has 108 valence electrons. The molecule has 21 heavy (non-hydrogen) atoms. The molecule has 2 aromatic carbocycles. The van der Waals surface area contributed by atoms with E-state index < -0.39 is 0 Å². The van der Waals surface area contributed by atoms with Crippen LogP contribution in [0.4, 0.5) is 5.69 Å². The van der Waals surface area contributed by atoms with E-state index in [1.165, 1.54) is 6.08 Å². The SMILES string of the molecule is COc1ccc(C)cc1N/C=C/C(=O)c1cccc(Br)c1. The van der Waals surface area contributed by atoms with Crippen LogP contribution in [0, 0.1) is 6.92 Å². The molecule has 0 spiro atoms. The maximum Gasteiger partial charge on any atom is 0.187 e. The lowest BCUT2D eigenvalue weighted by molar-refractivity contribution is 0.104. The number of ether oxygens (including phenoxy) is 1. The van der Waals surface area contributed by atoms with Crippen molar-refractivity contribution in [2.24, 2.45) is 0 Å². The van der Waals surface area contributed by atoms with Gasteiger partial charge in [0.2, 0.25) is 0 Å². The number of halogens is 1. The van der Waals surface area contributed by atoms with Crippen LogP contribution >= 0.6 is 15.9 Å². The van der Waals surface area contributed by atoms with E-state index in [2.05, 4.69) is 21.2 Å². The standard InChI is InChI=1S/C17H16BrNO2/c1-12-6-7-17(21-2)15(10-12)19-9-8-16(20)13-4-3-5-14(18)11-13/h3-11,19H,1-2H3/b9-8+. The predicted molar refractivity (Wildman–Crippen MR) is 89.0 cm³/mol. The lowest BCUT2D eigenvalue weighted by Gasteiger charge is -2.08. The fraction of sp³-hybridized carbons (Fsp3) is 0.118. The highest BCUT2D eigenvalue weighted by atomic mass is 79.9. The summed E-state index contributed by atoms with van der Waals surface area (Å²) in [7, 11) is 1.62. The van der Waals surface area contributed by atoms with Gasteiger partial charge in [-0.2, -0.15) is 0 Å². The summed E-state index contributed by atoms with van der Waals surface area (Å²) < 4.78 is 6.16. The minimum atomic E-state index is -0.0598. The van der Waals surface area contributed by atoms with E-state index in [0.717, 1.165) is 21.5 Å². The molecule has 3 nitrogen and oxygen atoms in total. The Morgan fingerprint density at radius 2 is 2.05 bits per heavy atom. The predicted octanol–water partition coefficient (Wildman–Crippen LogP) is 4.57. The largest absolute Gasteiger partial charge is 0.495 e. The zero-order valence-electron chi connectivity index (χ0n) is 11.9. The van der Waals surface area contributed by atoms with Crippen LogP contribution in [0.2, 0.25) is 0 Å². The number of ketones is 1. The number of allylic oxidation sites excluding steroid dienone is 1. The molecule has 0 aliphatic heterocycles. The zero-order chi connectivity index (χ0) is 15.2. The summed E-state index contributed by atoms with van der Waals surface area (Å²) in [5.41, 5.74) is 2.58. The van der Waals surface area contributed by atoms with Gasteiger partial charge in [-0.1, -0.05) is 34.1 Å². The second kappa shape index (κ2) is 7.09. The molecule has 0 heterocycles. The van der Waals surface area contributed by atoms with Gasteiger partial charge < -0.3 is 10.1 Å². The van der Waals surface area contributed by atoms with Crippen molar-refractivity contribution in [2.75, 3.05) is 12.4 Å². The smallest absolute Gasteiger partial charge is 0.187 e. The number of aryl methyl sites for hydroxylation is 1. The molecule has 2 rings (SSSR count). The Morgan fingerprint density at radius 3 is 2.76 bits per heavy atom. The second-order valence-corrected chi connectivity index (χ2v) is 5.47. The molecule has 0 amide bonds. The van der Waals surface area contributed by atoms with Crippen LogP contribution in [-0.4, -0.2) is 12.9 Å². The van der Waals surface area contributed by atoms with Gasteiger partial charge in [0, 0.05) is 22.3 Å². The lowest BCUT2D eigenvalue weighted by Crippen LogP contribution is -1.97. The Labute approximate surface area is 132 Å². The Kier molecular flexibility index (Phi) is 5.17. The molecule has 0 fully saturated rings. The third-order valence-corrected chi connectivity index (χ3v) is 3.43. The summed E-state index contributed by atoms with van der Waals surface area (Å²) in [6.45, 7) is 2.00. The van der Waals surface area contributed by atoms with E-state index in [4.69, 9.17) is 4.74 Å². The van der Waals surface area contributed by atoms with Crippen molar-refractivity contribution < 1.29 is 9.53 Å². The first kappa shape index (κ1) is 15.3. The number of benzene rings is 2. The molecule has 0 bridgehead atoms. The van der Waals surface area contributed by atoms with Crippen LogP contribution in [-0.2, 0) is 0 Å². The van der Waals surface area contributed by atoms with Crippen molar-refractivity contribution in [2.45, 2.75) is 6.92 Å². The highest BCUT2D eigenvalue weighted by Gasteiger charge is 2.03. The van der Waals surface area contributed by atoms with E-state index in [-0.39, 0.29) is 5.78 Å². The molecule has 0 aromatic heterocycles. The molecule has 2 aromatic rings. The number of nitrogens with one attached hydrogen (secondary N) is 1. The molecule has 0 radical (unpaired) electrons. The average Bonchev–Trinajstić information content (AvgIpc) is 2.47. The van der Waals surface area contributed by atoms with Crippen LogP contribution in [0.3, 0.4) is 0 Å². The van der Waals surface area contributed by atoms with Crippen LogP contribution in [0.5, 0.6) is 5.75 Å². The quantitative estimate of drug-likeness (QED) is 0.636. The summed E-state index contributed by atoms with van der Waals surface area (Å²) in [6.07, 6.45) is 3.13. The molecular formula is C17H16BrNO2. The first-order chi connectivity index (χ1) is 10.1. The van der Waals surface area contributed by atoms with Gasteiger partial charge in [-0.3, -0.25) is 4.79 Å². The molecular weight excluding hydrogens is 330 g/mol. The Morgan fingerprint density at radius 1 is 1.24 bits per heavy atom. The van der Waals surface area contributed by atoms with Crippen molar-refractivity contribution in [3.63, 3.8) is 0 Å². The summed E-state index contributed by atoms with van der Waals surface area (Å²) in [5, 5.41) is 3.08. The van der Waals surface area contributed by atoms with Crippen molar-refractivity contribution in [3.05, 3.63) is 70.3 Å². The van der Waals surface area contributed by atoms with E-state index in [1.54, 1.807) is 25.4 Å². The number of methoxy groups -OCH3 is 1. The fourth-order valence-electron chi connectivity index (χ4n) is 1.88. The molecule has 0 aliphatic carbocycles. The van der Waals surface area contributed by atoms with Gasteiger partial charge in [0.25, 0.3) is 0 Å². The zero-order valence-corrected chi connectivity index (χ0v) is 13.5. The summed E-state index contributed by atoms with van der Waals surface area (Å²) in [5.74, 6) is 0.676. The van der Waals surface area contributed by atoms with Crippen LogP contribution in [0.15, 0.2) is 59.2 Å². The highest BCUT2D eigenvalue weighted by molar-refractivity contribution is 9.10. The third kappa shape index (κ3) is 4.20. The maximum atomic E-state index is 12.0. The van der Waals surface area contributed by atoms with Crippen LogP contribution in [0.25, 0.3) is 0 Å². The van der Waals surface area contributed by atoms with Crippen LogP contribution in [0.1, 0.15) is 15.9 Å². The van der Waals surface area contributed by atoms with Crippen molar-refractivity contribution in [3.8, 4) is 5.75 Å². The van der Waals surface area contributed by atoms with E-state index >= 15 is 0 Å². The van der Waals surface area contributed by atoms with Gasteiger partial charge in [0.15, 0.2) is 5.78 Å². The van der Waals surface area contributed by atoms with Gasteiger partial charge >= 0.3 is 0 Å². The molecule has 1 N–H and O–H groups in total. The van der Waals surface area contributed by atoms with Crippen molar-refractivity contribution in [1.82, 2.24) is 0 Å². The van der Waals surface area contributed by atoms with Gasteiger partial charge in [0.1, 0.15) is 5.75 Å². The first-order valence-electron chi connectivity index (χ1n) is 6.48. The van der Waals surface area contributed by atoms with Crippen LogP contribution < -0.4 is 10.1 Å². The number of rotatable bonds is 5. The van der Waals surface area contributed by atoms with Gasteiger partial charge in [-0.25, -0.2) is 0 Å². The Hall–Kier alpha value is -2.07. The first-order valence-corrected chi connectivity index (χ1v) is 7.27. The van der Waals surface area contributed by atoms with Crippen molar-refractivity contribution in [1.29, 1.82) is 0 Å². The molecule has 0 saturated carbocycles. The van der Waals surface area contributed by atoms with Gasteiger partial charge in [0.05, 0.1) is 12.8 Å². The summed E-state index contributed by atoms with van der Waals surface area (Å²) in [6, 6.07) is 13.1. The minimum absolute atomic E-state index is 0.0598. The highest BCUT2D eigenvalue weighted by Crippen LogP contribution is 2.25.